The van der Waals surface area contributed by atoms with Gasteiger partial charge >= 0.3 is 0 Å². The molecule has 3 nitrogen and oxygen atoms in total. The molecule has 1 atom stereocenters. The lowest BCUT2D eigenvalue weighted by molar-refractivity contribution is -0.128. The Balaban J connectivity index is 1.87. The zero-order valence-corrected chi connectivity index (χ0v) is 13.6. The predicted octanol–water partition coefficient (Wildman–Crippen LogP) is 4.53. The molecule has 23 heavy (non-hydrogen) atoms. The molecule has 1 amide bonds. The second kappa shape index (κ2) is 6.77. The van der Waals surface area contributed by atoms with Crippen LogP contribution >= 0.6 is 23.2 Å². The van der Waals surface area contributed by atoms with Crippen LogP contribution in [0.5, 0.6) is 5.75 Å². The van der Waals surface area contributed by atoms with Gasteiger partial charge in [-0.15, -0.1) is 0 Å². The van der Waals surface area contributed by atoms with Crippen LogP contribution in [0.4, 0.5) is 4.39 Å². The minimum absolute atomic E-state index is 0.192. The van der Waals surface area contributed by atoms with Gasteiger partial charge in [-0.3, -0.25) is 4.79 Å². The summed E-state index contributed by atoms with van der Waals surface area (Å²) in [5.74, 6) is -0.265. The summed E-state index contributed by atoms with van der Waals surface area (Å²) in [7, 11) is 0. The van der Waals surface area contributed by atoms with Crippen LogP contribution in [0.15, 0.2) is 42.5 Å². The Morgan fingerprint density at radius 2 is 1.74 bits per heavy atom. The van der Waals surface area contributed by atoms with E-state index in [2.05, 4.69) is 5.32 Å². The number of ether oxygens (including phenoxy) is 1. The van der Waals surface area contributed by atoms with Crippen molar-refractivity contribution in [3.63, 3.8) is 0 Å². The van der Waals surface area contributed by atoms with Gasteiger partial charge in [0.1, 0.15) is 11.6 Å². The van der Waals surface area contributed by atoms with Crippen molar-refractivity contribution in [2.75, 3.05) is 0 Å². The Bertz CT molecular complexity index is 697. The molecule has 0 heterocycles. The number of hydrogen-bond donors (Lipinski definition) is 1. The maximum Gasteiger partial charge on any atom is 0.266 e. The Kier molecular flexibility index (Phi) is 4.74. The molecule has 0 radical (unpaired) electrons. The zero-order chi connectivity index (χ0) is 16.4. The summed E-state index contributed by atoms with van der Waals surface area (Å²) in [6.45, 7) is 0. The van der Waals surface area contributed by atoms with E-state index in [4.69, 9.17) is 27.9 Å². The van der Waals surface area contributed by atoms with Gasteiger partial charge in [0, 0.05) is 21.7 Å². The Hall–Kier alpha value is -1.78. The van der Waals surface area contributed by atoms with Crippen LogP contribution in [0.1, 0.15) is 24.5 Å². The Morgan fingerprint density at radius 1 is 1.13 bits per heavy atom. The van der Waals surface area contributed by atoms with E-state index in [9.17, 15) is 9.18 Å². The van der Waals surface area contributed by atoms with Gasteiger partial charge in [-0.1, -0.05) is 35.3 Å². The third kappa shape index (κ3) is 4.36. The number of rotatable bonds is 5. The zero-order valence-electron chi connectivity index (χ0n) is 12.1. The lowest BCUT2D eigenvalue weighted by Crippen LogP contribution is -2.33. The van der Waals surface area contributed by atoms with E-state index in [1.165, 1.54) is 24.3 Å². The van der Waals surface area contributed by atoms with Crippen molar-refractivity contribution in [3.8, 4) is 5.75 Å². The van der Waals surface area contributed by atoms with Crippen molar-refractivity contribution >= 4 is 29.1 Å². The van der Waals surface area contributed by atoms with E-state index in [0.29, 0.717) is 21.4 Å². The fourth-order valence-corrected chi connectivity index (χ4v) is 2.65. The first kappa shape index (κ1) is 16.1. The van der Waals surface area contributed by atoms with Crippen LogP contribution in [-0.4, -0.2) is 11.9 Å². The van der Waals surface area contributed by atoms with Crippen molar-refractivity contribution in [2.45, 2.75) is 25.0 Å². The standard InChI is InChI=1S/C17H14Cl2FNO2/c18-11-7-12(19)9-15(8-11)23-16(17(22)21-14-5-6-14)10-1-3-13(20)4-2-10/h1-4,7-9,14,16H,5-6H2,(H,21,22)/t16-/m1/s1. The van der Waals surface area contributed by atoms with Gasteiger partial charge in [-0.25, -0.2) is 4.39 Å². The van der Waals surface area contributed by atoms with Crippen LogP contribution in [0.25, 0.3) is 0 Å². The van der Waals surface area contributed by atoms with Crippen molar-refractivity contribution in [3.05, 3.63) is 63.9 Å². The SMILES string of the molecule is O=C(NC1CC1)[C@H](Oc1cc(Cl)cc(Cl)c1)c1ccc(F)cc1. The molecule has 1 saturated carbocycles. The molecule has 120 valence electrons. The summed E-state index contributed by atoms with van der Waals surface area (Å²) >= 11 is 11.9. The highest BCUT2D eigenvalue weighted by molar-refractivity contribution is 6.34. The fraction of sp³-hybridized carbons (Fsp3) is 0.235. The van der Waals surface area contributed by atoms with E-state index in [0.717, 1.165) is 12.8 Å². The fourth-order valence-electron chi connectivity index (χ4n) is 2.15. The summed E-state index contributed by atoms with van der Waals surface area (Å²) < 4.78 is 18.9. The summed E-state index contributed by atoms with van der Waals surface area (Å²) in [6, 6.07) is 10.6. The average Bonchev–Trinajstić information content (AvgIpc) is 3.29. The van der Waals surface area contributed by atoms with E-state index in [1.54, 1.807) is 18.2 Å². The molecule has 0 aliphatic heterocycles. The summed E-state index contributed by atoms with van der Waals surface area (Å²) in [6.07, 6.45) is 1.03. The molecular formula is C17H14Cl2FNO2. The smallest absolute Gasteiger partial charge is 0.266 e. The van der Waals surface area contributed by atoms with Crippen molar-refractivity contribution in [1.82, 2.24) is 5.32 Å². The monoisotopic (exact) mass is 353 g/mol. The molecule has 0 spiro atoms. The van der Waals surface area contributed by atoms with Gasteiger partial charge in [-0.05, 0) is 43.2 Å². The van der Waals surface area contributed by atoms with Crippen molar-refractivity contribution < 1.29 is 13.9 Å². The molecule has 1 aliphatic rings. The lowest BCUT2D eigenvalue weighted by atomic mass is 10.1. The number of hydrogen-bond acceptors (Lipinski definition) is 2. The van der Waals surface area contributed by atoms with Crippen molar-refractivity contribution in [1.29, 1.82) is 0 Å². The topological polar surface area (TPSA) is 38.3 Å². The highest BCUT2D eigenvalue weighted by atomic mass is 35.5. The minimum Gasteiger partial charge on any atom is -0.476 e. The molecule has 6 heteroatoms. The molecular weight excluding hydrogens is 340 g/mol. The van der Waals surface area contributed by atoms with E-state index < -0.39 is 6.10 Å². The molecule has 0 aromatic heterocycles. The van der Waals surface area contributed by atoms with Crippen LogP contribution in [0, 0.1) is 5.82 Å². The number of halogens is 3. The van der Waals surface area contributed by atoms with E-state index in [1.807, 2.05) is 0 Å². The quantitative estimate of drug-likeness (QED) is 0.857. The first-order valence-electron chi connectivity index (χ1n) is 7.20. The van der Waals surface area contributed by atoms with Gasteiger partial charge in [-0.2, -0.15) is 0 Å². The number of benzene rings is 2. The highest BCUT2D eigenvalue weighted by Crippen LogP contribution is 2.29. The van der Waals surface area contributed by atoms with Crippen LogP contribution < -0.4 is 10.1 Å². The molecule has 2 aromatic rings. The third-order valence-corrected chi connectivity index (χ3v) is 3.86. The number of amides is 1. The van der Waals surface area contributed by atoms with Crippen LogP contribution in [-0.2, 0) is 4.79 Å². The Labute approximate surface area is 143 Å². The van der Waals surface area contributed by atoms with Gasteiger partial charge < -0.3 is 10.1 Å². The molecule has 0 bridgehead atoms. The minimum atomic E-state index is -0.897. The second-order valence-corrected chi connectivity index (χ2v) is 6.31. The molecule has 3 rings (SSSR count). The summed E-state index contributed by atoms with van der Waals surface area (Å²) in [5, 5.41) is 3.71. The van der Waals surface area contributed by atoms with Gasteiger partial charge in [0.25, 0.3) is 5.91 Å². The van der Waals surface area contributed by atoms with Crippen LogP contribution in [0.2, 0.25) is 10.0 Å². The molecule has 1 fully saturated rings. The van der Waals surface area contributed by atoms with E-state index >= 15 is 0 Å². The maximum atomic E-state index is 13.1. The van der Waals surface area contributed by atoms with Crippen molar-refractivity contribution in [2.24, 2.45) is 0 Å². The summed E-state index contributed by atoms with van der Waals surface area (Å²) in [5.41, 5.74) is 0.556. The second-order valence-electron chi connectivity index (χ2n) is 5.44. The number of carbonyl (C=O) groups is 1. The first-order valence-corrected chi connectivity index (χ1v) is 7.95. The first-order chi connectivity index (χ1) is 11.0. The largest absolute Gasteiger partial charge is 0.476 e. The third-order valence-electron chi connectivity index (χ3n) is 3.42. The van der Waals surface area contributed by atoms with E-state index in [-0.39, 0.29) is 17.8 Å². The molecule has 0 unspecified atom stereocenters. The normalized spacial score (nSPS) is 15.1. The molecule has 2 aromatic carbocycles. The van der Waals surface area contributed by atoms with Gasteiger partial charge in [0.15, 0.2) is 0 Å². The van der Waals surface area contributed by atoms with Gasteiger partial charge in [0.2, 0.25) is 6.10 Å². The molecule has 1 aliphatic carbocycles. The molecule has 0 saturated heterocycles. The highest BCUT2D eigenvalue weighted by Gasteiger charge is 2.29. The Morgan fingerprint density at radius 3 is 2.30 bits per heavy atom. The lowest BCUT2D eigenvalue weighted by Gasteiger charge is -2.19. The van der Waals surface area contributed by atoms with Gasteiger partial charge in [0.05, 0.1) is 0 Å². The predicted molar refractivity (Wildman–Crippen MR) is 87.4 cm³/mol. The number of nitrogens with one attached hydrogen (secondary N) is 1. The maximum absolute atomic E-state index is 13.1. The van der Waals surface area contributed by atoms with Crippen LogP contribution in [0.3, 0.4) is 0 Å². The summed E-state index contributed by atoms with van der Waals surface area (Å²) in [4.78, 5) is 12.5. The number of carbonyl (C=O) groups excluding carboxylic acids is 1. The average molecular weight is 354 g/mol. The molecule has 1 N–H and O–H groups in total.